The minimum atomic E-state index is -0.209. The minimum Gasteiger partial charge on any atom is -0.497 e. The lowest BCUT2D eigenvalue weighted by molar-refractivity contribution is 0.117. The third-order valence-corrected chi connectivity index (χ3v) is 8.80. The van der Waals surface area contributed by atoms with E-state index in [1.54, 1.807) is 7.11 Å². The van der Waals surface area contributed by atoms with E-state index in [0.717, 1.165) is 56.3 Å². The molecule has 216 valence electrons. The van der Waals surface area contributed by atoms with Crippen LogP contribution in [0.1, 0.15) is 76.0 Å². The highest BCUT2D eigenvalue weighted by Gasteiger charge is 2.44. The highest BCUT2D eigenvalue weighted by Crippen LogP contribution is 2.40. The lowest BCUT2D eigenvalue weighted by Gasteiger charge is -2.40. The van der Waals surface area contributed by atoms with Crippen LogP contribution in [0.3, 0.4) is 0 Å². The lowest BCUT2D eigenvalue weighted by Crippen LogP contribution is -2.52. The second-order valence-electron chi connectivity index (χ2n) is 11.1. The van der Waals surface area contributed by atoms with Gasteiger partial charge in [-0.05, 0) is 81.9 Å². The van der Waals surface area contributed by atoms with Crippen molar-refractivity contribution in [2.75, 3.05) is 39.9 Å². The summed E-state index contributed by atoms with van der Waals surface area (Å²) in [7, 11) is 1.65. The standard InChI is InChI=1S/C32H43ClN4O3/c1-4-6-9-28-30(23-10-12-24(33)13-11-23)37(31(34-28)27-15-14-26(39-3)22-29(27)40-5-2)32(38)36-20-16-25(17-21-36)35-18-7-8-19-35/h10-15,22,25,28,30H,4-9,16-21H2,1-3H3. The first kappa shape index (κ1) is 28.7. The lowest BCUT2D eigenvalue weighted by atomic mass is 9.95. The van der Waals surface area contributed by atoms with Crippen LogP contribution in [0.4, 0.5) is 4.79 Å². The summed E-state index contributed by atoms with van der Waals surface area (Å²) in [6, 6.07) is 14.0. The van der Waals surface area contributed by atoms with E-state index in [0.29, 0.717) is 35.0 Å². The molecule has 7 nitrogen and oxygen atoms in total. The molecular weight excluding hydrogens is 524 g/mol. The number of aliphatic imine (C=N–C) groups is 1. The Balaban J connectivity index is 1.51. The van der Waals surface area contributed by atoms with Crippen molar-refractivity contribution < 1.29 is 14.3 Å². The van der Waals surface area contributed by atoms with E-state index in [1.165, 1.54) is 25.9 Å². The number of amidine groups is 1. The third-order valence-electron chi connectivity index (χ3n) is 8.55. The summed E-state index contributed by atoms with van der Waals surface area (Å²) in [4.78, 5) is 26.4. The molecule has 3 aliphatic rings. The number of carbonyl (C=O) groups excluding carboxylic acids is 1. The van der Waals surface area contributed by atoms with Crippen molar-refractivity contribution in [1.82, 2.24) is 14.7 Å². The molecule has 2 unspecified atom stereocenters. The zero-order valence-electron chi connectivity index (χ0n) is 24.2. The number of amides is 2. The fraction of sp³-hybridized carbons (Fsp3) is 0.562. The van der Waals surface area contributed by atoms with Gasteiger partial charge in [-0.2, -0.15) is 0 Å². The Kier molecular flexibility index (Phi) is 9.53. The Morgan fingerprint density at radius 1 is 1.02 bits per heavy atom. The molecule has 5 rings (SSSR count). The van der Waals surface area contributed by atoms with Gasteiger partial charge in [0, 0.05) is 30.2 Å². The molecule has 0 bridgehead atoms. The van der Waals surface area contributed by atoms with Gasteiger partial charge in [0.25, 0.3) is 0 Å². The monoisotopic (exact) mass is 566 g/mol. The van der Waals surface area contributed by atoms with Gasteiger partial charge in [-0.15, -0.1) is 0 Å². The van der Waals surface area contributed by atoms with Crippen molar-refractivity contribution in [3.05, 3.63) is 58.6 Å². The molecule has 2 amide bonds. The van der Waals surface area contributed by atoms with E-state index in [1.807, 2.05) is 59.2 Å². The quantitative estimate of drug-likeness (QED) is 0.335. The van der Waals surface area contributed by atoms with Gasteiger partial charge in [-0.25, -0.2) is 4.79 Å². The minimum absolute atomic E-state index is 0.0239. The molecule has 3 aliphatic heterocycles. The molecule has 0 radical (unpaired) electrons. The largest absolute Gasteiger partial charge is 0.497 e. The maximum Gasteiger partial charge on any atom is 0.326 e. The number of urea groups is 1. The smallest absolute Gasteiger partial charge is 0.326 e. The normalized spacial score (nSPS) is 22.1. The van der Waals surface area contributed by atoms with Crippen molar-refractivity contribution in [2.45, 2.75) is 76.9 Å². The number of unbranched alkanes of at least 4 members (excludes halogenated alkanes) is 1. The van der Waals surface area contributed by atoms with Gasteiger partial charge in [-0.1, -0.05) is 43.5 Å². The van der Waals surface area contributed by atoms with Crippen LogP contribution >= 0.6 is 11.6 Å². The van der Waals surface area contributed by atoms with Crippen LogP contribution in [0.5, 0.6) is 11.5 Å². The van der Waals surface area contributed by atoms with Crippen LogP contribution < -0.4 is 9.47 Å². The average molecular weight is 567 g/mol. The van der Waals surface area contributed by atoms with E-state index in [4.69, 9.17) is 26.1 Å². The topological polar surface area (TPSA) is 57.6 Å². The Hall–Kier alpha value is -2.77. The highest BCUT2D eigenvalue weighted by molar-refractivity contribution is 6.30. The summed E-state index contributed by atoms with van der Waals surface area (Å²) < 4.78 is 11.6. The van der Waals surface area contributed by atoms with Crippen molar-refractivity contribution in [2.24, 2.45) is 4.99 Å². The molecule has 2 fully saturated rings. The van der Waals surface area contributed by atoms with Crippen LogP contribution in [-0.2, 0) is 0 Å². The number of ether oxygens (including phenoxy) is 2. The maximum atomic E-state index is 14.5. The Labute approximate surface area is 244 Å². The molecule has 2 saturated heterocycles. The number of halogens is 1. The molecule has 0 spiro atoms. The van der Waals surface area contributed by atoms with E-state index >= 15 is 0 Å². The van der Waals surface area contributed by atoms with Gasteiger partial charge < -0.3 is 19.3 Å². The number of carbonyl (C=O) groups is 1. The summed E-state index contributed by atoms with van der Waals surface area (Å²) in [5.41, 5.74) is 1.87. The number of nitrogens with zero attached hydrogens (tertiary/aromatic N) is 4. The van der Waals surface area contributed by atoms with Gasteiger partial charge in [0.1, 0.15) is 17.3 Å². The number of benzene rings is 2. The number of rotatable bonds is 9. The Morgan fingerprint density at radius 2 is 1.75 bits per heavy atom. The molecule has 0 aliphatic carbocycles. The molecule has 0 N–H and O–H groups in total. The molecule has 2 aromatic rings. The SMILES string of the molecule is CCCCC1N=C(c2ccc(OC)cc2OCC)N(C(=O)N2CCC(N3CCCC3)CC2)C1c1ccc(Cl)cc1. The molecule has 2 atom stereocenters. The summed E-state index contributed by atoms with van der Waals surface area (Å²) >= 11 is 6.29. The van der Waals surface area contributed by atoms with Crippen molar-refractivity contribution in [1.29, 1.82) is 0 Å². The molecule has 0 saturated carbocycles. The van der Waals surface area contributed by atoms with Gasteiger partial charge in [0.05, 0.1) is 31.4 Å². The maximum absolute atomic E-state index is 14.5. The van der Waals surface area contributed by atoms with E-state index in [9.17, 15) is 4.79 Å². The van der Waals surface area contributed by atoms with E-state index in [2.05, 4.69) is 11.8 Å². The zero-order valence-corrected chi connectivity index (χ0v) is 24.9. The van der Waals surface area contributed by atoms with E-state index in [-0.39, 0.29) is 18.1 Å². The number of hydrogen-bond donors (Lipinski definition) is 0. The predicted octanol–water partition coefficient (Wildman–Crippen LogP) is 6.79. The second-order valence-corrected chi connectivity index (χ2v) is 11.5. The Bertz CT molecular complexity index is 1170. The molecular formula is C32H43ClN4O3. The highest BCUT2D eigenvalue weighted by atomic mass is 35.5. The predicted molar refractivity (Wildman–Crippen MR) is 161 cm³/mol. The summed E-state index contributed by atoms with van der Waals surface area (Å²) in [6.45, 7) is 8.57. The number of hydrogen-bond acceptors (Lipinski definition) is 5. The molecule has 2 aromatic carbocycles. The van der Waals surface area contributed by atoms with Gasteiger partial charge in [-0.3, -0.25) is 9.89 Å². The Morgan fingerprint density at radius 3 is 2.40 bits per heavy atom. The summed E-state index contributed by atoms with van der Waals surface area (Å²) in [5.74, 6) is 2.07. The van der Waals surface area contributed by atoms with Crippen LogP contribution in [-0.4, -0.2) is 78.5 Å². The van der Waals surface area contributed by atoms with Crippen molar-refractivity contribution in [3.8, 4) is 11.5 Å². The number of likely N-dealkylation sites (tertiary alicyclic amines) is 2. The van der Waals surface area contributed by atoms with Gasteiger partial charge in [0.2, 0.25) is 0 Å². The second kappa shape index (κ2) is 13.3. The van der Waals surface area contributed by atoms with Gasteiger partial charge in [0.15, 0.2) is 0 Å². The summed E-state index contributed by atoms with van der Waals surface area (Å²) in [5, 5.41) is 0.684. The van der Waals surface area contributed by atoms with Crippen molar-refractivity contribution >= 4 is 23.5 Å². The number of methoxy groups -OCH3 is 1. The van der Waals surface area contributed by atoms with Crippen LogP contribution in [0.2, 0.25) is 5.02 Å². The zero-order chi connectivity index (χ0) is 28.1. The average Bonchev–Trinajstić information content (AvgIpc) is 3.65. The molecule has 40 heavy (non-hydrogen) atoms. The fourth-order valence-electron chi connectivity index (χ4n) is 6.44. The summed E-state index contributed by atoms with van der Waals surface area (Å²) in [6.07, 6.45) is 7.62. The number of piperidine rings is 1. The van der Waals surface area contributed by atoms with E-state index < -0.39 is 0 Å². The van der Waals surface area contributed by atoms with Crippen LogP contribution in [0.25, 0.3) is 0 Å². The fourth-order valence-corrected chi connectivity index (χ4v) is 6.57. The van der Waals surface area contributed by atoms with Crippen LogP contribution in [0, 0.1) is 0 Å². The first-order valence-electron chi connectivity index (χ1n) is 15.0. The van der Waals surface area contributed by atoms with Crippen molar-refractivity contribution in [3.63, 3.8) is 0 Å². The first-order chi connectivity index (χ1) is 19.5. The van der Waals surface area contributed by atoms with Gasteiger partial charge >= 0.3 is 6.03 Å². The molecule has 3 heterocycles. The molecule has 0 aromatic heterocycles. The first-order valence-corrected chi connectivity index (χ1v) is 15.4. The molecule has 8 heteroatoms. The van der Waals surface area contributed by atoms with Crippen LogP contribution in [0.15, 0.2) is 47.5 Å². The third kappa shape index (κ3) is 6.10.